The summed E-state index contributed by atoms with van der Waals surface area (Å²) in [5, 5.41) is 0. The second-order valence-electron chi connectivity index (χ2n) is 24.1. The standard InChI is InChI=1S/C74H136O6/c1-4-7-10-13-16-19-21-23-25-27-29-31-33-35-36-37-38-40-41-43-45-47-49-51-53-55-58-61-64-67-73(76)79-70-71(69-78-72(75)66-63-60-57-18-15-12-9-6-3)80-74(77)68-65-62-59-56-54-52-50-48-46-44-42-39-34-32-30-28-26-24-22-20-17-14-11-8-5-2/h7,10,16,19,23,25,29,31,71H,4-6,8-9,11-15,17-18,20-22,24,26-28,30,32-70H2,1-3H3/b10-7-,19-16-,25-23-,31-29-. The van der Waals surface area contributed by atoms with Crippen LogP contribution in [0.1, 0.15) is 387 Å². The molecule has 0 aliphatic rings. The first kappa shape index (κ1) is 77.4. The Morgan fingerprint density at radius 3 is 0.762 bits per heavy atom. The van der Waals surface area contributed by atoms with Crippen LogP contribution in [-0.4, -0.2) is 37.2 Å². The van der Waals surface area contributed by atoms with Crippen LogP contribution in [-0.2, 0) is 28.6 Å². The molecule has 0 aromatic heterocycles. The molecule has 0 amide bonds. The zero-order valence-electron chi connectivity index (χ0n) is 53.9. The van der Waals surface area contributed by atoms with Gasteiger partial charge in [-0.15, -0.1) is 0 Å². The Bertz CT molecular complexity index is 1380. The number of unbranched alkanes of at least 4 members (excludes halogenated alkanes) is 47. The predicted octanol–water partition coefficient (Wildman–Crippen LogP) is 24.5. The summed E-state index contributed by atoms with van der Waals surface area (Å²) in [5.74, 6) is -0.843. The molecule has 468 valence electrons. The van der Waals surface area contributed by atoms with Gasteiger partial charge in [0.25, 0.3) is 0 Å². The van der Waals surface area contributed by atoms with Crippen molar-refractivity contribution in [3.05, 3.63) is 48.6 Å². The quantitative estimate of drug-likeness (QED) is 0.0261. The van der Waals surface area contributed by atoms with Crippen LogP contribution < -0.4 is 0 Å². The van der Waals surface area contributed by atoms with Crippen LogP contribution >= 0.6 is 0 Å². The summed E-state index contributed by atoms with van der Waals surface area (Å²) in [6.45, 7) is 6.57. The highest BCUT2D eigenvalue weighted by Crippen LogP contribution is 2.19. The summed E-state index contributed by atoms with van der Waals surface area (Å²) in [5.41, 5.74) is 0. The van der Waals surface area contributed by atoms with Crippen LogP contribution in [0.3, 0.4) is 0 Å². The lowest BCUT2D eigenvalue weighted by Crippen LogP contribution is -2.30. The summed E-state index contributed by atoms with van der Waals surface area (Å²) in [6, 6.07) is 0. The molecule has 0 spiro atoms. The van der Waals surface area contributed by atoms with E-state index >= 15 is 0 Å². The lowest BCUT2D eigenvalue weighted by molar-refractivity contribution is -0.167. The third-order valence-electron chi connectivity index (χ3n) is 16.1. The Morgan fingerprint density at radius 2 is 0.487 bits per heavy atom. The van der Waals surface area contributed by atoms with E-state index in [4.69, 9.17) is 14.2 Å². The third-order valence-corrected chi connectivity index (χ3v) is 16.1. The largest absolute Gasteiger partial charge is 0.462 e. The number of ether oxygens (including phenoxy) is 3. The number of allylic oxidation sites excluding steroid dienone is 8. The second-order valence-corrected chi connectivity index (χ2v) is 24.1. The molecule has 0 aliphatic carbocycles. The monoisotopic (exact) mass is 1120 g/mol. The van der Waals surface area contributed by atoms with E-state index in [1.54, 1.807) is 0 Å². The zero-order chi connectivity index (χ0) is 57.8. The van der Waals surface area contributed by atoms with Gasteiger partial charge in [-0.25, -0.2) is 0 Å². The van der Waals surface area contributed by atoms with E-state index in [1.807, 2.05) is 0 Å². The molecule has 0 rings (SSSR count). The van der Waals surface area contributed by atoms with E-state index < -0.39 is 6.10 Å². The van der Waals surface area contributed by atoms with E-state index in [2.05, 4.69) is 69.4 Å². The minimum atomic E-state index is -0.768. The Hall–Kier alpha value is -2.63. The molecule has 0 radical (unpaired) electrons. The number of rotatable bonds is 66. The van der Waals surface area contributed by atoms with Crippen molar-refractivity contribution < 1.29 is 28.6 Å². The fraction of sp³-hybridized carbons (Fsp3) is 0.851. The van der Waals surface area contributed by atoms with Gasteiger partial charge in [0.15, 0.2) is 6.10 Å². The van der Waals surface area contributed by atoms with Gasteiger partial charge in [0, 0.05) is 19.3 Å². The van der Waals surface area contributed by atoms with E-state index in [1.165, 1.54) is 263 Å². The molecule has 1 atom stereocenters. The molecule has 0 N–H and O–H groups in total. The molecule has 0 aromatic rings. The van der Waals surface area contributed by atoms with Gasteiger partial charge in [-0.2, -0.15) is 0 Å². The fourth-order valence-electron chi connectivity index (χ4n) is 10.8. The van der Waals surface area contributed by atoms with Crippen LogP contribution in [0.25, 0.3) is 0 Å². The van der Waals surface area contributed by atoms with Crippen molar-refractivity contribution in [1.29, 1.82) is 0 Å². The number of esters is 3. The van der Waals surface area contributed by atoms with Gasteiger partial charge in [0.1, 0.15) is 13.2 Å². The summed E-state index contributed by atoms with van der Waals surface area (Å²) >= 11 is 0. The van der Waals surface area contributed by atoms with E-state index in [9.17, 15) is 14.4 Å². The SMILES string of the molecule is CC/C=C\C/C=C\C/C=C\C/C=C\CCCCCCCCCCCCCCCCCCC(=O)OCC(COC(=O)CCCCCCCCCC)OC(=O)CCCCCCCCCCCCCCCCCCCCCCCCCCC. The van der Waals surface area contributed by atoms with Gasteiger partial charge in [0.2, 0.25) is 0 Å². The Morgan fingerprint density at radius 1 is 0.263 bits per heavy atom. The first-order valence-electron chi connectivity index (χ1n) is 35.6. The minimum absolute atomic E-state index is 0.0665. The Labute approximate surface area is 498 Å². The number of hydrogen-bond donors (Lipinski definition) is 0. The van der Waals surface area contributed by atoms with Gasteiger partial charge in [-0.1, -0.05) is 358 Å². The zero-order valence-corrected chi connectivity index (χ0v) is 53.9. The molecule has 6 nitrogen and oxygen atoms in total. The average Bonchev–Trinajstić information content (AvgIpc) is 3.46. The van der Waals surface area contributed by atoms with Crippen LogP contribution in [0, 0.1) is 0 Å². The molecular weight excluding hydrogens is 985 g/mol. The molecule has 0 heterocycles. The summed E-state index contributed by atoms with van der Waals surface area (Å²) in [6.07, 6.45) is 87.4. The van der Waals surface area contributed by atoms with Crippen LogP contribution in [0.4, 0.5) is 0 Å². The molecule has 0 aromatic carbocycles. The predicted molar refractivity (Wildman–Crippen MR) is 349 cm³/mol. The molecule has 1 unspecified atom stereocenters. The molecular formula is C74H136O6. The second kappa shape index (κ2) is 68.9. The molecule has 0 bridgehead atoms. The number of hydrogen-bond acceptors (Lipinski definition) is 6. The van der Waals surface area contributed by atoms with Gasteiger partial charge >= 0.3 is 17.9 Å². The molecule has 0 fully saturated rings. The van der Waals surface area contributed by atoms with Gasteiger partial charge < -0.3 is 14.2 Å². The maximum Gasteiger partial charge on any atom is 0.306 e. The van der Waals surface area contributed by atoms with E-state index in [0.717, 1.165) is 83.5 Å². The van der Waals surface area contributed by atoms with Crippen molar-refractivity contribution in [2.45, 2.75) is 393 Å². The average molecular weight is 1120 g/mol. The highest BCUT2D eigenvalue weighted by atomic mass is 16.6. The van der Waals surface area contributed by atoms with Crippen molar-refractivity contribution in [2.24, 2.45) is 0 Å². The van der Waals surface area contributed by atoms with Crippen molar-refractivity contribution in [3.63, 3.8) is 0 Å². The molecule has 0 saturated heterocycles. The molecule has 0 aliphatic heterocycles. The first-order valence-corrected chi connectivity index (χ1v) is 35.6. The first-order chi connectivity index (χ1) is 39.5. The van der Waals surface area contributed by atoms with E-state index in [0.29, 0.717) is 19.3 Å². The van der Waals surface area contributed by atoms with Crippen molar-refractivity contribution in [2.75, 3.05) is 13.2 Å². The topological polar surface area (TPSA) is 78.9 Å². The maximum absolute atomic E-state index is 12.9. The highest BCUT2D eigenvalue weighted by molar-refractivity contribution is 5.71. The van der Waals surface area contributed by atoms with Crippen LogP contribution in [0.2, 0.25) is 0 Å². The molecule has 0 saturated carbocycles. The normalized spacial score (nSPS) is 12.3. The van der Waals surface area contributed by atoms with Gasteiger partial charge in [-0.3, -0.25) is 14.4 Å². The molecule has 6 heteroatoms. The summed E-state index contributed by atoms with van der Waals surface area (Å²) < 4.78 is 16.9. The Kier molecular flexibility index (Phi) is 66.6. The summed E-state index contributed by atoms with van der Waals surface area (Å²) in [7, 11) is 0. The maximum atomic E-state index is 12.9. The minimum Gasteiger partial charge on any atom is -0.462 e. The van der Waals surface area contributed by atoms with E-state index in [-0.39, 0.29) is 31.1 Å². The summed E-state index contributed by atoms with van der Waals surface area (Å²) in [4.78, 5) is 38.3. The smallest absolute Gasteiger partial charge is 0.306 e. The van der Waals surface area contributed by atoms with Gasteiger partial charge in [-0.05, 0) is 57.8 Å². The van der Waals surface area contributed by atoms with Crippen LogP contribution in [0.5, 0.6) is 0 Å². The molecule has 80 heavy (non-hydrogen) atoms. The highest BCUT2D eigenvalue weighted by Gasteiger charge is 2.19. The number of carbonyl (C=O) groups is 3. The lowest BCUT2D eigenvalue weighted by Gasteiger charge is -2.18. The lowest BCUT2D eigenvalue weighted by atomic mass is 10.0. The van der Waals surface area contributed by atoms with Crippen molar-refractivity contribution >= 4 is 17.9 Å². The van der Waals surface area contributed by atoms with Crippen LogP contribution in [0.15, 0.2) is 48.6 Å². The third kappa shape index (κ3) is 66.2. The van der Waals surface area contributed by atoms with Gasteiger partial charge in [0.05, 0.1) is 0 Å². The Balaban J connectivity index is 4.05. The van der Waals surface area contributed by atoms with Crippen molar-refractivity contribution in [1.82, 2.24) is 0 Å². The fourth-order valence-corrected chi connectivity index (χ4v) is 10.8. The number of carbonyl (C=O) groups excluding carboxylic acids is 3. The van der Waals surface area contributed by atoms with Crippen molar-refractivity contribution in [3.8, 4) is 0 Å².